The lowest BCUT2D eigenvalue weighted by molar-refractivity contribution is -0.128. The Morgan fingerprint density at radius 2 is 1.80 bits per heavy atom. The van der Waals surface area contributed by atoms with Gasteiger partial charge in [0.1, 0.15) is 5.37 Å². The second kappa shape index (κ2) is 10.4. The van der Waals surface area contributed by atoms with Crippen LogP contribution in [0.5, 0.6) is 0 Å². The number of nitrogens with zero attached hydrogens (tertiary/aromatic N) is 1. The van der Waals surface area contributed by atoms with Crippen molar-refractivity contribution in [1.29, 1.82) is 0 Å². The molecule has 2 aliphatic rings. The molecule has 1 saturated carbocycles. The molecule has 158 valence electrons. The average molecular weight is 441 g/mol. The zero-order valence-electron chi connectivity index (χ0n) is 17.1. The normalized spacial score (nSPS) is 19.4. The van der Waals surface area contributed by atoms with Gasteiger partial charge in [0.25, 0.3) is 5.91 Å². The van der Waals surface area contributed by atoms with Gasteiger partial charge in [-0.25, -0.2) is 0 Å². The van der Waals surface area contributed by atoms with Crippen molar-refractivity contribution in [3.63, 3.8) is 0 Å². The van der Waals surface area contributed by atoms with E-state index in [1.807, 2.05) is 71.3 Å². The van der Waals surface area contributed by atoms with Gasteiger partial charge < -0.3 is 10.2 Å². The first-order valence-electron chi connectivity index (χ1n) is 10.7. The Labute approximate surface area is 187 Å². The largest absolute Gasteiger partial charge is 0.351 e. The molecule has 2 aromatic rings. The Morgan fingerprint density at radius 3 is 2.53 bits per heavy atom. The summed E-state index contributed by atoms with van der Waals surface area (Å²) in [4.78, 5) is 26.8. The highest BCUT2D eigenvalue weighted by atomic mass is 32.2. The molecular formula is C24H28N2O2S2. The average Bonchev–Trinajstić information content (AvgIpc) is 3.42. The van der Waals surface area contributed by atoms with Crippen molar-refractivity contribution in [3.05, 3.63) is 71.3 Å². The third-order valence-corrected chi connectivity index (χ3v) is 8.30. The molecule has 6 heteroatoms. The number of hydrogen-bond donors (Lipinski definition) is 1. The van der Waals surface area contributed by atoms with Crippen LogP contribution in [0.25, 0.3) is 0 Å². The van der Waals surface area contributed by atoms with Gasteiger partial charge in [-0.2, -0.15) is 11.8 Å². The predicted molar refractivity (Wildman–Crippen MR) is 126 cm³/mol. The molecule has 1 aliphatic heterocycles. The maximum atomic E-state index is 12.4. The smallest absolute Gasteiger partial charge is 0.251 e. The Hall–Kier alpha value is -1.92. The summed E-state index contributed by atoms with van der Waals surface area (Å²) in [5.74, 6) is 1.61. The number of carbonyl (C=O) groups is 2. The third-order valence-electron chi connectivity index (χ3n) is 5.67. The van der Waals surface area contributed by atoms with Gasteiger partial charge in [0.05, 0.1) is 5.75 Å². The second-order valence-corrected chi connectivity index (χ2v) is 10.3. The Morgan fingerprint density at radius 1 is 1.07 bits per heavy atom. The minimum Gasteiger partial charge on any atom is -0.351 e. The number of hydrogen-bond acceptors (Lipinski definition) is 4. The van der Waals surface area contributed by atoms with E-state index in [-0.39, 0.29) is 17.2 Å². The third kappa shape index (κ3) is 5.41. The fourth-order valence-electron chi connectivity index (χ4n) is 4.03. The molecule has 2 aromatic carbocycles. The number of rotatable bonds is 8. The van der Waals surface area contributed by atoms with Crippen molar-refractivity contribution in [2.75, 3.05) is 18.1 Å². The Bertz CT molecular complexity index is 851. The number of thioether (sulfide) groups is 2. The summed E-state index contributed by atoms with van der Waals surface area (Å²) in [6.07, 6.45) is 5.35. The van der Waals surface area contributed by atoms with Crippen LogP contribution in [0.4, 0.5) is 0 Å². The van der Waals surface area contributed by atoms with E-state index in [1.165, 1.54) is 25.7 Å². The molecule has 0 aromatic heterocycles. The molecule has 1 N–H and O–H groups in total. The second-order valence-electron chi connectivity index (χ2n) is 7.83. The van der Waals surface area contributed by atoms with Crippen molar-refractivity contribution in [1.82, 2.24) is 10.2 Å². The maximum absolute atomic E-state index is 12.4. The van der Waals surface area contributed by atoms with Gasteiger partial charge in [-0.15, -0.1) is 11.8 Å². The molecule has 1 saturated heterocycles. The summed E-state index contributed by atoms with van der Waals surface area (Å²) >= 11 is 3.63. The minimum atomic E-state index is -0.0233. The lowest BCUT2D eigenvalue weighted by atomic mass is 10.1. The molecule has 30 heavy (non-hydrogen) atoms. The van der Waals surface area contributed by atoms with E-state index in [4.69, 9.17) is 0 Å². The van der Waals surface area contributed by atoms with Crippen molar-refractivity contribution in [2.45, 2.75) is 42.9 Å². The SMILES string of the molecule is O=C(NCCSC1CCCC1)c1ccc(C2SCC(=O)N2Cc2ccccc2)cc1. The summed E-state index contributed by atoms with van der Waals surface area (Å²) in [5.41, 5.74) is 2.87. The summed E-state index contributed by atoms with van der Waals surface area (Å²) in [5, 5.41) is 3.81. The van der Waals surface area contributed by atoms with Crippen LogP contribution in [-0.4, -0.2) is 40.0 Å². The lowest BCUT2D eigenvalue weighted by Gasteiger charge is -2.24. The standard InChI is InChI=1S/C24H28N2O2S2/c27-22-17-30-24(26(22)16-18-6-2-1-3-7-18)20-12-10-19(11-13-20)23(28)25-14-15-29-21-8-4-5-9-21/h1-3,6-7,10-13,21,24H,4-5,8-9,14-17H2,(H,25,28). The highest BCUT2D eigenvalue weighted by molar-refractivity contribution is 8.00. The number of carbonyl (C=O) groups excluding carboxylic acids is 2. The van der Waals surface area contributed by atoms with Gasteiger partial charge in [-0.3, -0.25) is 9.59 Å². The van der Waals surface area contributed by atoms with Crippen LogP contribution in [0, 0.1) is 0 Å². The first-order chi connectivity index (χ1) is 14.7. The highest BCUT2D eigenvalue weighted by Gasteiger charge is 2.32. The van der Waals surface area contributed by atoms with Gasteiger partial charge >= 0.3 is 0 Å². The molecule has 2 fully saturated rings. The van der Waals surface area contributed by atoms with E-state index in [2.05, 4.69) is 5.32 Å². The van der Waals surface area contributed by atoms with E-state index in [9.17, 15) is 9.59 Å². The van der Waals surface area contributed by atoms with E-state index in [0.29, 0.717) is 24.4 Å². The quantitative estimate of drug-likeness (QED) is 0.595. The van der Waals surface area contributed by atoms with Crippen LogP contribution in [0.2, 0.25) is 0 Å². The number of benzene rings is 2. The predicted octanol–water partition coefficient (Wildman–Crippen LogP) is 4.87. The number of nitrogens with one attached hydrogen (secondary N) is 1. The lowest BCUT2D eigenvalue weighted by Crippen LogP contribution is -2.28. The van der Waals surface area contributed by atoms with Crippen LogP contribution >= 0.6 is 23.5 Å². The van der Waals surface area contributed by atoms with Crippen LogP contribution in [0.3, 0.4) is 0 Å². The van der Waals surface area contributed by atoms with Crippen molar-refractivity contribution >= 4 is 35.3 Å². The summed E-state index contributed by atoms with van der Waals surface area (Å²) in [6, 6.07) is 17.8. The van der Waals surface area contributed by atoms with E-state index < -0.39 is 0 Å². The Balaban J connectivity index is 1.31. The monoisotopic (exact) mass is 440 g/mol. The Kier molecular flexibility index (Phi) is 7.39. The maximum Gasteiger partial charge on any atom is 0.251 e. The van der Waals surface area contributed by atoms with Gasteiger partial charge in [0.2, 0.25) is 5.91 Å². The van der Waals surface area contributed by atoms with Crippen molar-refractivity contribution in [2.24, 2.45) is 0 Å². The molecule has 2 amide bonds. The van der Waals surface area contributed by atoms with Gasteiger partial charge in [0, 0.05) is 29.7 Å². The fourth-order valence-corrected chi connectivity index (χ4v) is 6.44. The first kappa shape index (κ1) is 21.3. The van der Waals surface area contributed by atoms with E-state index in [1.54, 1.807) is 11.8 Å². The molecule has 1 aliphatic carbocycles. The molecular weight excluding hydrogens is 412 g/mol. The minimum absolute atomic E-state index is 0.00220. The van der Waals surface area contributed by atoms with E-state index >= 15 is 0 Å². The van der Waals surface area contributed by atoms with Crippen LogP contribution < -0.4 is 5.32 Å². The molecule has 1 heterocycles. The van der Waals surface area contributed by atoms with Crippen LogP contribution in [-0.2, 0) is 11.3 Å². The van der Waals surface area contributed by atoms with Crippen LogP contribution in [0.1, 0.15) is 52.5 Å². The van der Waals surface area contributed by atoms with Crippen molar-refractivity contribution in [3.8, 4) is 0 Å². The molecule has 1 atom stereocenters. The zero-order valence-corrected chi connectivity index (χ0v) is 18.7. The molecule has 1 unspecified atom stereocenters. The highest BCUT2D eigenvalue weighted by Crippen LogP contribution is 2.39. The summed E-state index contributed by atoms with van der Waals surface area (Å²) in [7, 11) is 0. The summed E-state index contributed by atoms with van der Waals surface area (Å²) < 4.78 is 0. The van der Waals surface area contributed by atoms with Crippen LogP contribution in [0.15, 0.2) is 54.6 Å². The van der Waals surface area contributed by atoms with Gasteiger partial charge in [-0.05, 0) is 36.1 Å². The fraction of sp³-hybridized carbons (Fsp3) is 0.417. The van der Waals surface area contributed by atoms with Gasteiger partial charge in [0.15, 0.2) is 0 Å². The number of amides is 2. The zero-order chi connectivity index (χ0) is 20.8. The summed E-state index contributed by atoms with van der Waals surface area (Å²) in [6.45, 7) is 1.32. The molecule has 0 radical (unpaired) electrons. The molecule has 4 rings (SSSR count). The van der Waals surface area contributed by atoms with Gasteiger partial charge in [-0.1, -0.05) is 55.3 Å². The molecule has 0 spiro atoms. The molecule has 0 bridgehead atoms. The van der Waals surface area contributed by atoms with E-state index in [0.717, 1.165) is 22.1 Å². The topological polar surface area (TPSA) is 49.4 Å². The van der Waals surface area contributed by atoms with Crippen molar-refractivity contribution < 1.29 is 9.59 Å². The molecule has 4 nitrogen and oxygen atoms in total. The first-order valence-corrected chi connectivity index (χ1v) is 12.8.